The van der Waals surface area contributed by atoms with Crippen molar-refractivity contribution in [2.24, 2.45) is 7.05 Å². The number of hydrogen-bond donors (Lipinski definition) is 0. The van der Waals surface area contributed by atoms with Crippen LogP contribution in [0.15, 0.2) is 60.9 Å². The first-order valence-corrected chi connectivity index (χ1v) is 10.8. The van der Waals surface area contributed by atoms with Crippen LogP contribution < -0.4 is 0 Å². The second kappa shape index (κ2) is 8.00. The molecular formula is C25H25N7. The highest BCUT2D eigenvalue weighted by Gasteiger charge is 2.16. The molecule has 0 saturated heterocycles. The molecular weight excluding hydrogens is 398 g/mol. The van der Waals surface area contributed by atoms with Crippen LogP contribution in [0.5, 0.6) is 0 Å². The SMILES string of the molecule is Cc1cnnn1-c1ccc(Cc2nn(C)c3cnc(-c4ccccc4C(C)C)nc23)cc1. The van der Waals surface area contributed by atoms with Crippen LogP contribution in [0.25, 0.3) is 28.1 Å². The molecule has 5 aromatic rings. The Hall–Kier alpha value is -3.87. The van der Waals surface area contributed by atoms with Gasteiger partial charge in [0.1, 0.15) is 11.0 Å². The summed E-state index contributed by atoms with van der Waals surface area (Å²) in [6.07, 6.45) is 4.32. The monoisotopic (exact) mass is 423 g/mol. The molecule has 0 spiro atoms. The maximum atomic E-state index is 4.96. The Morgan fingerprint density at radius 1 is 0.969 bits per heavy atom. The first-order valence-electron chi connectivity index (χ1n) is 10.8. The summed E-state index contributed by atoms with van der Waals surface area (Å²) in [5, 5.41) is 12.8. The summed E-state index contributed by atoms with van der Waals surface area (Å²) < 4.78 is 3.68. The Morgan fingerprint density at radius 2 is 1.75 bits per heavy atom. The van der Waals surface area contributed by atoms with Gasteiger partial charge in [-0.15, -0.1) is 5.10 Å². The zero-order valence-corrected chi connectivity index (χ0v) is 18.7. The molecule has 32 heavy (non-hydrogen) atoms. The van der Waals surface area contributed by atoms with E-state index < -0.39 is 0 Å². The molecule has 0 aliphatic carbocycles. The molecule has 0 aliphatic heterocycles. The Morgan fingerprint density at radius 3 is 2.47 bits per heavy atom. The summed E-state index contributed by atoms with van der Waals surface area (Å²) in [6.45, 7) is 6.37. The van der Waals surface area contributed by atoms with Crippen LogP contribution >= 0.6 is 0 Å². The van der Waals surface area contributed by atoms with Gasteiger partial charge in [-0.2, -0.15) is 5.10 Å². The molecule has 0 saturated carbocycles. The molecule has 0 radical (unpaired) electrons. The van der Waals surface area contributed by atoms with Gasteiger partial charge in [0, 0.05) is 19.0 Å². The first kappa shape index (κ1) is 20.1. The van der Waals surface area contributed by atoms with E-state index in [1.807, 2.05) is 35.6 Å². The van der Waals surface area contributed by atoms with Crippen molar-refractivity contribution in [3.63, 3.8) is 0 Å². The quantitative estimate of drug-likeness (QED) is 0.412. The zero-order chi connectivity index (χ0) is 22.2. The van der Waals surface area contributed by atoms with E-state index in [9.17, 15) is 0 Å². The number of benzene rings is 2. The highest BCUT2D eigenvalue weighted by molar-refractivity contribution is 5.79. The van der Waals surface area contributed by atoms with Crippen LogP contribution in [-0.2, 0) is 13.5 Å². The fourth-order valence-electron chi connectivity index (χ4n) is 4.05. The molecule has 2 aromatic carbocycles. The van der Waals surface area contributed by atoms with E-state index in [1.165, 1.54) is 5.56 Å². The van der Waals surface area contributed by atoms with Gasteiger partial charge in [0.15, 0.2) is 5.82 Å². The van der Waals surface area contributed by atoms with Crippen LogP contribution in [0.4, 0.5) is 0 Å². The molecule has 0 atom stereocenters. The minimum Gasteiger partial charge on any atom is -0.264 e. The lowest BCUT2D eigenvalue weighted by Gasteiger charge is -2.11. The van der Waals surface area contributed by atoms with E-state index in [0.717, 1.165) is 45.1 Å². The molecule has 7 nitrogen and oxygen atoms in total. The summed E-state index contributed by atoms with van der Waals surface area (Å²) in [5.41, 5.74) is 8.24. The van der Waals surface area contributed by atoms with Crippen LogP contribution in [0, 0.1) is 6.92 Å². The standard InChI is InChI=1S/C25H25N7/c1-16(2)20-7-5-6-8-21(20)25-26-15-23-24(28-25)22(29-31(23)4)13-18-9-11-19(12-10-18)32-17(3)14-27-30-32/h5-12,14-16H,13H2,1-4H3. The maximum absolute atomic E-state index is 4.96. The smallest absolute Gasteiger partial charge is 0.160 e. The van der Waals surface area contributed by atoms with Crippen molar-refractivity contribution in [2.75, 3.05) is 0 Å². The fourth-order valence-corrected chi connectivity index (χ4v) is 4.05. The topological polar surface area (TPSA) is 74.3 Å². The van der Waals surface area contributed by atoms with Gasteiger partial charge in [-0.25, -0.2) is 14.6 Å². The van der Waals surface area contributed by atoms with E-state index in [1.54, 1.807) is 6.20 Å². The van der Waals surface area contributed by atoms with Crippen LogP contribution in [0.3, 0.4) is 0 Å². The van der Waals surface area contributed by atoms with Gasteiger partial charge in [-0.05, 0) is 36.1 Å². The van der Waals surface area contributed by atoms with E-state index in [0.29, 0.717) is 12.3 Å². The minimum absolute atomic E-state index is 0.394. The number of nitrogens with zero attached hydrogens (tertiary/aromatic N) is 7. The Bertz CT molecular complexity index is 1390. The Balaban J connectivity index is 1.51. The highest BCUT2D eigenvalue weighted by Crippen LogP contribution is 2.28. The van der Waals surface area contributed by atoms with Crippen LogP contribution in [-0.4, -0.2) is 34.7 Å². The molecule has 0 amide bonds. The Kier molecular flexibility index (Phi) is 5.01. The van der Waals surface area contributed by atoms with E-state index >= 15 is 0 Å². The van der Waals surface area contributed by atoms with Crippen molar-refractivity contribution >= 4 is 11.0 Å². The lowest BCUT2D eigenvalue weighted by Crippen LogP contribution is -2.00. The van der Waals surface area contributed by atoms with Crippen molar-refractivity contribution in [3.05, 3.63) is 83.4 Å². The predicted molar refractivity (Wildman–Crippen MR) is 125 cm³/mol. The summed E-state index contributed by atoms with van der Waals surface area (Å²) in [7, 11) is 1.94. The number of aromatic nitrogens is 7. The van der Waals surface area contributed by atoms with Gasteiger partial charge in [0.05, 0.1) is 29.5 Å². The summed E-state index contributed by atoms with van der Waals surface area (Å²) in [6, 6.07) is 16.7. The van der Waals surface area contributed by atoms with Gasteiger partial charge in [0.25, 0.3) is 0 Å². The summed E-state index contributed by atoms with van der Waals surface area (Å²) in [4.78, 5) is 9.62. The summed E-state index contributed by atoms with van der Waals surface area (Å²) >= 11 is 0. The number of hydrogen-bond acceptors (Lipinski definition) is 5. The second-order valence-corrected chi connectivity index (χ2v) is 8.37. The number of aryl methyl sites for hydroxylation is 2. The average Bonchev–Trinajstić information content (AvgIpc) is 3.37. The molecule has 7 heteroatoms. The maximum Gasteiger partial charge on any atom is 0.160 e. The molecule has 5 rings (SSSR count). The van der Waals surface area contributed by atoms with E-state index in [-0.39, 0.29) is 0 Å². The zero-order valence-electron chi connectivity index (χ0n) is 18.7. The van der Waals surface area contributed by atoms with Crippen molar-refractivity contribution in [2.45, 2.75) is 33.1 Å². The summed E-state index contributed by atoms with van der Waals surface area (Å²) in [5.74, 6) is 1.14. The lowest BCUT2D eigenvalue weighted by molar-refractivity contribution is 0.772. The van der Waals surface area contributed by atoms with Crippen LogP contribution in [0.2, 0.25) is 0 Å². The fraction of sp³-hybridized carbons (Fsp3) is 0.240. The largest absolute Gasteiger partial charge is 0.264 e. The number of rotatable bonds is 5. The number of fused-ring (bicyclic) bond motifs is 1. The van der Waals surface area contributed by atoms with Gasteiger partial charge in [0.2, 0.25) is 0 Å². The molecule has 0 N–H and O–H groups in total. The molecule has 160 valence electrons. The van der Waals surface area contributed by atoms with Crippen molar-refractivity contribution < 1.29 is 0 Å². The predicted octanol–water partition coefficient (Wildman–Crippen LogP) is 4.63. The van der Waals surface area contributed by atoms with Gasteiger partial charge < -0.3 is 0 Å². The molecule has 0 fully saturated rings. The van der Waals surface area contributed by atoms with E-state index in [4.69, 9.17) is 10.1 Å². The molecule has 0 unspecified atom stereocenters. The second-order valence-electron chi connectivity index (χ2n) is 8.37. The van der Waals surface area contributed by atoms with Gasteiger partial charge in [-0.1, -0.05) is 55.5 Å². The third-order valence-electron chi connectivity index (χ3n) is 5.76. The van der Waals surface area contributed by atoms with Crippen LogP contribution in [0.1, 0.15) is 42.3 Å². The minimum atomic E-state index is 0.394. The first-order chi connectivity index (χ1) is 15.5. The third kappa shape index (κ3) is 3.56. The van der Waals surface area contributed by atoms with Crippen molar-refractivity contribution in [3.8, 4) is 17.1 Å². The molecule has 0 bridgehead atoms. The molecule has 3 aromatic heterocycles. The van der Waals surface area contributed by atoms with Crippen molar-refractivity contribution in [1.82, 2.24) is 34.7 Å². The third-order valence-corrected chi connectivity index (χ3v) is 5.76. The van der Waals surface area contributed by atoms with Gasteiger partial charge >= 0.3 is 0 Å². The highest BCUT2D eigenvalue weighted by atomic mass is 15.4. The average molecular weight is 424 g/mol. The molecule has 0 aliphatic rings. The molecule has 3 heterocycles. The van der Waals surface area contributed by atoms with Gasteiger partial charge in [-0.3, -0.25) is 4.68 Å². The Labute approximate surface area is 186 Å². The van der Waals surface area contributed by atoms with E-state index in [2.05, 4.69) is 71.6 Å². The normalized spacial score (nSPS) is 11.5. The lowest BCUT2D eigenvalue weighted by atomic mass is 9.97. The van der Waals surface area contributed by atoms with Crippen molar-refractivity contribution in [1.29, 1.82) is 0 Å².